The molecule has 6 nitrogen and oxygen atoms in total. The number of benzene rings is 2. The van der Waals surface area contributed by atoms with Crippen LogP contribution in [0, 0.1) is 17.6 Å². The molecule has 1 aliphatic heterocycles. The number of carbonyl (C=O) groups is 3. The smallest absolute Gasteiger partial charge is 0.311 e. The van der Waals surface area contributed by atoms with Gasteiger partial charge in [-0.25, -0.2) is 8.78 Å². The van der Waals surface area contributed by atoms with E-state index in [1.165, 1.54) is 4.90 Å². The van der Waals surface area contributed by atoms with E-state index < -0.39 is 36.0 Å². The summed E-state index contributed by atoms with van der Waals surface area (Å²) >= 11 is 0. The summed E-state index contributed by atoms with van der Waals surface area (Å²) in [6.07, 6.45) is 0.871. The fourth-order valence-corrected chi connectivity index (χ4v) is 3.06. The molecule has 0 unspecified atom stereocenters. The van der Waals surface area contributed by atoms with E-state index in [9.17, 15) is 23.2 Å². The Morgan fingerprint density at radius 1 is 1.17 bits per heavy atom. The molecule has 1 aliphatic rings. The predicted octanol–water partition coefficient (Wildman–Crippen LogP) is 3.06. The van der Waals surface area contributed by atoms with Crippen LogP contribution >= 0.6 is 0 Å². The van der Waals surface area contributed by atoms with Crippen molar-refractivity contribution in [1.82, 2.24) is 0 Å². The number of rotatable bonds is 6. The number of ether oxygens (including phenoxy) is 1. The van der Waals surface area contributed by atoms with E-state index in [2.05, 4.69) is 5.32 Å². The van der Waals surface area contributed by atoms with E-state index in [0.717, 1.165) is 24.1 Å². The number of carbonyl (C=O) groups excluding carboxylic acids is 3. The maximum atomic E-state index is 13.5. The second-order valence-corrected chi connectivity index (χ2v) is 6.71. The number of hydrogen-bond acceptors (Lipinski definition) is 4. The number of amides is 2. The minimum Gasteiger partial charge on any atom is -0.455 e. The maximum absolute atomic E-state index is 13.5. The normalized spacial score (nSPS) is 16.0. The number of anilines is 2. The number of nitrogens with zero attached hydrogens (tertiary/aromatic N) is 1. The van der Waals surface area contributed by atoms with Crippen molar-refractivity contribution >= 4 is 29.2 Å². The summed E-state index contributed by atoms with van der Waals surface area (Å²) in [6, 6.07) is 10.2. The molecule has 1 N–H and O–H groups in total. The van der Waals surface area contributed by atoms with Crippen molar-refractivity contribution < 1.29 is 27.9 Å². The summed E-state index contributed by atoms with van der Waals surface area (Å²) < 4.78 is 31.4. The van der Waals surface area contributed by atoms with E-state index in [-0.39, 0.29) is 24.6 Å². The number of hydrogen-bond donors (Lipinski definition) is 1. The third-order valence-corrected chi connectivity index (χ3v) is 4.67. The Morgan fingerprint density at radius 2 is 1.90 bits per heavy atom. The fraction of sp³-hybridized carbons (Fsp3) is 0.286. The minimum absolute atomic E-state index is 0.0113. The van der Waals surface area contributed by atoms with E-state index >= 15 is 0 Å². The van der Waals surface area contributed by atoms with Gasteiger partial charge in [-0.2, -0.15) is 0 Å². The van der Waals surface area contributed by atoms with Crippen LogP contribution in [-0.2, 0) is 25.5 Å². The Kier molecular flexibility index (Phi) is 6.21. The molecular formula is C21H20F2N2O4. The van der Waals surface area contributed by atoms with Crippen LogP contribution < -0.4 is 10.2 Å². The fourth-order valence-electron chi connectivity index (χ4n) is 3.06. The van der Waals surface area contributed by atoms with E-state index in [4.69, 9.17) is 4.74 Å². The quantitative estimate of drug-likeness (QED) is 0.754. The van der Waals surface area contributed by atoms with Crippen molar-refractivity contribution in [3.05, 3.63) is 59.7 Å². The zero-order chi connectivity index (χ0) is 21.0. The lowest BCUT2D eigenvalue weighted by Crippen LogP contribution is -2.28. The molecule has 1 heterocycles. The van der Waals surface area contributed by atoms with Crippen LogP contribution in [-0.4, -0.2) is 30.9 Å². The maximum Gasteiger partial charge on any atom is 0.311 e. The number of halogens is 2. The molecule has 29 heavy (non-hydrogen) atoms. The first-order valence-corrected chi connectivity index (χ1v) is 9.18. The second kappa shape index (κ2) is 8.81. The third kappa shape index (κ3) is 4.96. The Balaban J connectivity index is 1.52. The standard InChI is InChI=1S/C21H20F2N2O4/c1-2-13-3-6-16(7-4-13)25-11-14(9-20(25)27)21(28)29-12-19(26)24-18-8-5-15(22)10-17(18)23/h3-8,10,14H,2,9,11-12H2,1H3,(H,24,26)/t14-/m0/s1. The molecule has 0 aliphatic carbocycles. The van der Waals surface area contributed by atoms with Crippen molar-refractivity contribution in [2.75, 3.05) is 23.4 Å². The van der Waals surface area contributed by atoms with Gasteiger partial charge in [-0.15, -0.1) is 0 Å². The van der Waals surface area contributed by atoms with E-state index in [1.54, 1.807) is 0 Å². The first kappa shape index (κ1) is 20.4. The Hall–Kier alpha value is -3.29. The molecule has 8 heteroatoms. The molecule has 2 aromatic rings. The summed E-state index contributed by atoms with van der Waals surface area (Å²) in [6.45, 7) is 1.56. The molecule has 2 amide bonds. The van der Waals surface area contributed by atoms with Crippen molar-refractivity contribution in [1.29, 1.82) is 0 Å². The lowest BCUT2D eigenvalue weighted by atomic mass is 10.1. The number of aryl methyl sites for hydroxylation is 1. The van der Waals surface area contributed by atoms with E-state index in [1.807, 2.05) is 31.2 Å². The summed E-state index contributed by atoms with van der Waals surface area (Å²) in [5.41, 5.74) is 1.62. The predicted molar refractivity (Wildman–Crippen MR) is 102 cm³/mol. The van der Waals surface area contributed by atoms with Gasteiger partial charge >= 0.3 is 5.97 Å². The average Bonchev–Trinajstić information content (AvgIpc) is 3.10. The SMILES string of the molecule is CCc1ccc(N2C[C@@H](C(=O)OCC(=O)Nc3ccc(F)cc3F)CC2=O)cc1. The van der Waals surface area contributed by atoms with Gasteiger partial charge in [0.2, 0.25) is 5.91 Å². The molecule has 1 saturated heterocycles. The summed E-state index contributed by atoms with van der Waals surface area (Å²) in [7, 11) is 0. The van der Waals surface area contributed by atoms with Crippen molar-refractivity contribution in [2.45, 2.75) is 19.8 Å². The monoisotopic (exact) mass is 402 g/mol. The second-order valence-electron chi connectivity index (χ2n) is 6.71. The van der Waals surface area contributed by atoms with Crippen LogP contribution in [0.2, 0.25) is 0 Å². The molecule has 0 spiro atoms. The highest BCUT2D eigenvalue weighted by molar-refractivity contribution is 6.00. The molecule has 0 saturated carbocycles. The highest BCUT2D eigenvalue weighted by Gasteiger charge is 2.36. The Labute approximate surface area is 166 Å². The first-order valence-electron chi connectivity index (χ1n) is 9.18. The van der Waals surface area contributed by atoms with E-state index in [0.29, 0.717) is 11.8 Å². The molecule has 152 valence electrons. The molecule has 3 rings (SSSR count). The van der Waals surface area contributed by atoms with Gasteiger partial charge in [-0.05, 0) is 36.2 Å². The van der Waals surface area contributed by atoms with Crippen molar-refractivity contribution in [3.8, 4) is 0 Å². The topological polar surface area (TPSA) is 75.7 Å². The van der Waals surface area contributed by atoms with Crippen LogP contribution in [0.15, 0.2) is 42.5 Å². The van der Waals surface area contributed by atoms with Gasteiger partial charge in [-0.1, -0.05) is 19.1 Å². The molecule has 2 aromatic carbocycles. The highest BCUT2D eigenvalue weighted by Crippen LogP contribution is 2.26. The molecular weight excluding hydrogens is 382 g/mol. The third-order valence-electron chi connectivity index (χ3n) is 4.67. The average molecular weight is 402 g/mol. The zero-order valence-corrected chi connectivity index (χ0v) is 15.8. The summed E-state index contributed by atoms with van der Waals surface area (Å²) in [4.78, 5) is 37.9. The largest absolute Gasteiger partial charge is 0.455 e. The summed E-state index contributed by atoms with van der Waals surface area (Å²) in [5.74, 6) is -4.04. The summed E-state index contributed by atoms with van der Waals surface area (Å²) in [5, 5.41) is 2.20. The van der Waals surface area contributed by atoms with Gasteiger partial charge in [0.25, 0.3) is 5.91 Å². The Morgan fingerprint density at radius 3 is 2.55 bits per heavy atom. The number of nitrogens with one attached hydrogen (secondary N) is 1. The molecule has 0 aromatic heterocycles. The van der Waals surface area contributed by atoms with Crippen LogP contribution in [0.4, 0.5) is 20.2 Å². The van der Waals surface area contributed by atoms with Gasteiger partial charge in [-0.3, -0.25) is 14.4 Å². The van der Waals surface area contributed by atoms with Crippen LogP contribution in [0.5, 0.6) is 0 Å². The van der Waals surface area contributed by atoms with Gasteiger partial charge in [0.1, 0.15) is 11.6 Å². The molecule has 1 fully saturated rings. The van der Waals surface area contributed by atoms with Crippen molar-refractivity contribution in [2.24, 2.45) is 5.92 Å². The number of esters is 1. The zero-order valence-electron chi connectivity index (χ0n) is 15.8. The van der Waals surface area contributed by atoms with Gasteiger partial charge in [0, 0.05) is 24.7 Å². The minimum atomic E-state index is -0.934. The lowest BCUT2D eigenvalue weighted by molar-refractivity contribution is -0.151. The van der Waals surface area contributed by atoms with Crippen LogP contribution in [0.3, 0.4) is 0 Å². The van der Waals surface area contributed by atoms with Crippen molar-refractivity contribution in [3.63, 3.8) is 0 Å². The van der Waals surface area contributed by atoms with Gasteiger partial charge in [0.05, 0.1) is 11.6 Å². The molecule has 0 radical (unpaired) electrons. The molecule has 1 atom stereocenters. The van der Waals surface area contributed by atoms with Crippen LogP contribution in [0.1, 0.15) is 18.9 Å². The highest BCUT2D eigenvalue weighted by atomic mass is 19.1. The molecule has 0 bridgehead atoms. The van der Waals surface area contributed by atoms with Crippen LogP contribution in [0.25, 0.3) is 0 Å². The van der Waals surface area contributed by atoms with Gasteiger partial charge < -0.3 is 15.0 Å². The van der Waals surface area contributed by atoms with Gasteiger partial charge in [0.15, 0.2) is 6.61 Å². The lowest BCUT2D eigenvalue weighted by Gasteiger charge is -2.17. The Bertz CT molecular complexity index is 931. The first-order chi connectivity index (χ1) is 13.9.